The van der Waals surface area contributed by atoms with Gasteiger partial charge in [0.15, 0.2) is 0 Å². The van der Waals surface area contributed by atoms with Crippen molar-refractivity contribution in [3.05, 3.63) is 0 Å². The molecule has 1 fully saturated rings. The van der Waals surface area contributed by atoms with Crippen molar-refractivity contribution in [3.63, 3.8) is 0 Å². The van der Waals surface area contributed by atoms with E-state index in [4.69, 9.17) is 5.26 Å². The standard InChI is InChI=1S/C12H20N2O/c1-12(2,3)5-7-14-6-4-10(9-13)8-11(14)15/h10H,4-8H2,1-3H3. The summed E-state index contributed by atoms with van der Waals surface area (Å²) in [6.07, 6.45) is 2.28. The molecule has 1 aliphatic heterocycles. The minimum absolute atomic E-state index is 0.0524. The highest BCUT2D eigenvalue weighted by Crippen LogP contribution is 2.22. The number of rotatable bonds is 2. The fraction of sp³-hybridized carbons (Fsp3) is 0.833. The van der Waals surface area contributed by atoms with Crippen molar-refractivity contribution >= 4 is 5.91 Å². The molecule has 1 heterocycles. The van der Waals surface area contributed by atoms with Crippen molar-refractivity contribution in [2.75, 3.05) is 13.1 Å². The summed E-state index contributed by atoms with van der Waals surface area (Å²) in [5, 5.41) is 8.73. The van der Waals surface area contributed by atoms with E-state index in [0.29, 0.717) is 6.42 Å². The van der Waals surface area contributed by atoms with Gasteiger partial charge in [-0.3, -0.25) is 4.79 Å². The van der Waals surface area contributed by atoms with Gasteiger partial charge in [0, 0.05) is 19.5 Å². The monoisotopic (exact) mass is 208 g/mol. The first-order valence-electron chi connectivity index (χ1n) is 5.60. The number of nitrogens with zero attached hydrogens (tertiary/aromatic N) is 2. The zero-order valence-electron chi connectivity index (χ0n) is 9.92. The number of likely N-dealkylation sites (tertiary alicyclic amines) is 1. The van der Waals surface area contributed by atoms with Gasteiger partial charge in [0.05, 0.1) is 12.0 Å². The van der Waals surface area contributed by atoms with E-state index in [-0.39, 0.29) is 17.2 Å². The van der Waals surface area contributed by atoms with E-state index in [1.807, 2.05) is 4.90 Å². The SMILES string of the molecule is CC(C)(C)CCN1CCC(C#N)CC1=O. The molecule has 0 N–H and O–H groups in total. The molecule has 1 unspecified atom stereocenters. The number of piperidine rings is 1. The summed E-state index contributed by atoms with van der Waals surface area (Å²) in [6.45, 7) is 8.13. The van der Waals surface area contributed by atoms with Crippen LogP contribution in [0.2, 0.25) is 0 Å². The van der Waals surface area contributed by atoms with E-state index >= 15 is 0 Å². The molecule has 0 aliphatic carbocycles. The van der Waals surface area contributed by atoms with Crippen LogP contribution in [0.15, 0.2) is 0 Å². The van der Waals surface area contributed by atoms with Gasteiger partial charge in [-0.05, 0) is 18.3 Å². The van der Waals surface area contributed by atoms with Crippen molar-refractivity contribution in [1.29, 1.82) is 5.26 Å². The van der Waals surface area contributed by atoms with Crippen LogP contribution in [0.1, 0.15) is 40.0 Å². The van der Waals surface area contributed by atoms with Crippen LogP contribution < -0.4 is 0 Å². The molecule has 0 radical (unpaired) electrons. The lowest BCUT2D eigenvalue weighted by Crippen LogP contribution is -2.40. The molecule has 1 rings (SSSR count). The number of carbonyl (C=O) groups is 1. The Morgan fingerprint density at radius 3 is 2.67 bits per heavy atom. The van der Waals surface area contributed by atoms with Crippen LogP contribution in [-0.2, 0) is 4.79 Å². The molecule has 84 valence electrons. The van der Waals surface area contributed by atoms with Crippen LogP contribution in [-0.4, -0.2) is 23.9 Å². The highest BCUT2D eigenvalue weighted by Gasteiger charge is 2.26. The molecular formula is C12H20N2O. The maximum atomic E-state index is 11.7. The van der Waals surface area contributed by atoms with Gasteiger partial charge in [-0.1, -0.05) is 20.8 Å². The second-order valence-corrected chi connectivity index (χ2v) is 5.51. The van der Waals surface area contributed by atoms with Crippen molar-refractivity contribution in [3.8, 4) is 6.07 Å². The summed E-state index contributed by atoms with van der Waals surface area (Å²) in [5.41, 5.74) is 0.270. The zero-order valence-corrected chi connectivity index (χ0v) is 9.92. The summed E-state index contributed by atoms with van der Waals surface area (Å²) < 4.78 is 0. The number of hydrogen-bond donors (Lipinski definition) is 0. The van der Waals surface area contributed by atoms with Crippen LogP contribution in [0.5, 0.6) is 0 Å². The van der Waals surface area contributed by atoms with Gasteiger partial charge in [-0.2, -0.15) is 5.26 Å². The average Bonchev–Trinajstić information content (AvgIpc) is 2.14. The first-order valence-corrected chi connectivity index (χ1v) is 5.60. The molecule has 0 spiro atoms. The Labute approximate surface area is 92.1 Å². The van der Waals surface area contributed by atoms with E-state index in [2.05, 4.69) is 26.8 Å². The third-order valence-corrected chi connectivity index (χ3v) is 2.84. The Kier molecular flexibility index (Phi) is 3.73. The Hall–Kier alpha value is -1.04. The Morgan fingerprint density at radius 1 is 1.53 bits per heavy atom. The van der Waals surface area contributed by atoms with Gasteiger partial charge >= 0.3 is 0 Å². The quantitative estimate of drug-likeness (QED) is 0.698. The first kappa shape index (κ1) is 12.0. The second-order valence-electron chi connectivity index (χ2n) is 5.51. The molecule has 1 atom stereocenters. The van der Waals surface area contributed by atoms with E-state index < -0.39 is 0 Å². The van der Waals surface area contributed by atoms with Crippen molar-refractivity contribution in [2.24, 2.45) is 11.3 Å². The highest BCUT2D eigenvalue weighted by molar-refractivity contribution is 5.77. The lowest BCUT2D eigenvalue weighted by atomic mass is 9.91. The van der Waals surface area contributed by atoms with E-state index in [9.17, 15) is 4.79 Å². The number of carbonyl (C=O) groups excluding carboxylic acids is 1. The van der Waals surface area contributed by atoms with Crippen LogP contribution in [0.25, 0.3) is 0 Å². The molecule has 0 aromatic carbocycles. The molecule has 1 amide bonds. The van der Waals surface area contributed by atoms with Crippen molar-refractivity contribution < 1.29 is 4.79 Å². The number of hydrogen-bond acceptors (Lipinski definition) is 2. The van der Waals surface area contributed by atoms with Gasteiger partial charge in [0.1, 0.15) is 0 Å². The van der Waals surface area contributed by atoms with Crippen LogP contribution in [0.4, 0.5) is 0 Å². The lowest BCUT2D eigenvalue weighted by molar-refractivity contribution is -0.134. The fourth-order valence-corrected chi connectivity index (χ4v) is 1.70. The molecular weight excluding hydrogens is 188 g/mol. The normalized spacial score (nSPS) is 22.7. The molecule has 3 heteroatoms. The van der Waals surface area contributed by atoms with Crippen LogP contribution in [0, 0.1) is 22.7 Å². The Balaban J connectivity index is 2.39. The Bertz CT molecular complexity index is 272. The largest absolute Gasteiger partial charge is 0.343 e. The van der Waals surface area contributed by atoms with Gasteiger partial charge in [0.25, 0.3) is 0 Å². The lowest BCUT2D eigenvalue weighted by Gasteiger charge is -2.31. The van der Waals surface area contributed by atoms with E-state index in [1.165, 1.54) is 0 Å². The van der Waals surface area contributed by atoms with Crippen molar-refractivity contribution in [2.45, 2.75) is 40.0 Å². The fourth-order valence-electron chi connectivity index (χ4n) is 1.70. The predicted molar refractivity (Wildman–Crippen MR) is 59.0 cm³/mol. The van der Waals surface area contributed by atoms with Crippen molar-refractivity contribution in [1.82, 2.24) is 4.90 Å². The highest BCUT2D eigenvalue weighted by atomic mass is 16.2. The molecule has 0 saturated carbocycles. The molecule has 0 aromatic rings. The number of amides is 1. The molecule has 0 aromatic heterocycles. The maximum absolute atomic E-state index is 11.7. The summed E-state index contributed by atoms with van der Waals surface area (Å²) in [6, 6.07) is 2.18. The summed E-state index contributed by atoms with van der Waals surface area (Å²) in [7, 11) is 0. The Morgan fingerprint density at radius 2 is 2.20 bits per heavy atom. The minimum Gasteiger partial charge on any atom is -0.343 e. The van der Waals surface area contributed by atoms with Gasteiger partial charge < -0.3 is 4.90 Å². The van der Waals surface area contributed by atoms with Crippen LogP contribution >= 0.6 is 0 Å². The molecule has 3 nitrogen and oxygen atoms in total. The van der Waals surface area contributed by atoms with Gasteiger partial charge in [-0.15, -0.1) is 0 Å². The van der Waals surface area contributed by atoms with E-state index in [0.717, 1.165) is 25.9 Å². The number of nitriles is 1. The van der Waals surface area contributed by atoms with E-state index in [1.54, 1.807) is 0 Å². The average molecular weight is 208 g/mol. The third-order valence-electron chi connectivity index (χ3n) is 2.84. The molecule has 15 heavy (non-hydrogen) atoms. The molecule has 1 aliphatic rings. The zero-order chi connectivity index (χ0) is 11.5. The topological polar surface area (TPSA) is 44.1 Å². The summed E-state index contributed by atoms with van der Waals surface area (Å²) in [4.78, 5) is 13.6. The minimum atomic E-state index is -0.0524. The summed E-state index contributed by atoms with van der Waals surface area (Å²) >= 11 is 0. The molecule has 0 bridgehead atoms. The van der Waals surface area contributed by atoms with Crippen LogP contribution in [0.3, 0.4) is 0 Å². The molecule has 1 saturated heterocycles. The summed E-state index contributed by atoms with van der Waals surface area (Å²) in [5.74, 6) is 0.0976. The third kappa shape index (κ3) is 3.91. The maximum Gasteiger partial charge on any atom is 0.223 e. The predicted octanol–water partition coefficient (Wildman–Crippen LogP) is 2.18. The second kappa shape index (κ2) is 4.65. The van der Waals surface area contributed by atoms with Gasteiger partial charge in [0.2, 0.25) is 5.91 Å². The van der Waals surface area contributed by atoms with Gasteiger partial charge in [-0.25, -0.2) is 0 Å². The first-order chi connectivity index (χ1) is 6.92. The smallest absolute Gasteiger partial charge is 0.223 e.